The molecule has 0 bridgehead atoms. The summed E-state index contributed by atoms with van der Waals surface area (Å²) in [6.45, 7) is 10.3. The number of hydrogen-bond donors (Lipinski definition) is 2. The molecule has 2 N–H and O–H groups in total. The van der Waals surface area contributed by atoms with Crippen LogP contribution in [0, 0.1) is 5.82 Å². The summed E-state index contributed by atoms with van der Waals surface area (Å²) < 4.78 is 24.0. The third-order valence-electron chi connectivity index (χ3n) is 3.99. The minimum Gasteiger partial charge on any atom is -0.492 e. The standard InChI is InChI=1S/C18H29FN4O2/c1-3-20-18(22-14-15(2)23-8-11-24-12-9-23)21-7-10-25-17-6-4-5-16(19)13-17/h4-6,13,15H,3,7-12,14H2,1-2H3,(H2,20,21,22). The quantitative estimate of drug-likeness (QED) is 0.422. The molecule has 1 fully saturated rings. The van der Waals surface area contributed by atoms with Crippen LogP contribution in [0.5, 0.6) is 5.75 Å². The molecule has 0 saturated carbocycles. The van der Waals surface area contributed by atoms with Crippen molar-refractivity contribution in [3.05, 3.63) is 30.1 Å². The molecule has 0 amide bonds. The summed E-state index contributed by atoms with van der Waals surface area (Å²) in [5.74, 6) is 1.01. The Morgan fingerprint density at radius 1 is 1.36 bits per heavy atom. The number of nitrogens with one attached hydrogen (secondary N) is 2. The van der Waals surface area contributed by atoms with Crippen LogP contribution >= 0.6 is 0 Å². The Balaban J connectivity index is 1.73. The summed E-state index contributed by atoms with van der Waals surface area (Å²) >= 11 is 0. The molecule has 1 aliphatic heterocycles. The molecule has 6 nitrogen and oxygen atoms in total. The molecule has 1 atom stereocenters. The van der Waals surface area contributed by atoms with E-state index < -0.39 is 0 Å². The summed E-state index contributed by atoms with van der Waals surface area (Å²) in [4.78, 5) is 7.04. The van der Waals surface area contributed by atoms with Gasteiger partial charge in [-0.05, 0) is 26.0 Å². The zero-order valence-electron chi connectivity index (χ0n) is 15.1. The van der Waals surface area contributed by atoms with Crippen molar-refractivity contribution in [1.29, 1.82) is 0 Å². The highest BCUT2D eigenvalue weighted by molar-refractivity contribution is 5.79. The van der Waals surface area contributed by atoms with Crippen LogP contribution in [0.25, 0.3) is 0 Å². The number of rotatable bonds is 8. The first-order chi connectivity index (χ1) is 12.2. The molecule has 25 heavy (non-hydrogen) atoms. The number of aliphatic imine (C=N–C) groups is 1. The second-order valence-electron chi connectivity index (χ2n) is 5.95. The third kappa shape index (κ3) is 7.27. The number of morpholine rings is 1. The largest absolute Gasteiger partial charge is 0.492 e. The van der Waals surface area contributed by atoms with Gasteiger partial charge in [0.25, 0.3) is 0 Å². The predicted octanol–water partition coefficient (Wildman–Crippen LogP) is 1.48. The average Bonchev–Trinajstić information content (AvgIpc) is 2.63. The van der Waals surface area contributed by atoms with Gasteiger partial charge in [0.2, 0.25) is 0 Å². The van der Waals surface area contributed by atoms with Gasteiger partial charge in [-0.1, -0.05) is 6.07 Å². The van der Waals surface area contributed by atoms with Gasteiger partial charge in [-0.25, -0.2) is 4.39 Å². The molecule has 0 aromatic heterocycles. The van der Waals surface area contributed by atoms with Crippen molar-refractivity contribution in [1.82, 2.24) is 15.5 Å². The maximum Gasteiger partial charge on any atom is 0.191 e. The minimum absolute atomic E-state index is 0.294. The van der Waals surface area contributed by atoms with Crippen molar-refractivity contribution in [3.8, 4) is 5.75 Å². The Bertz CT molecular complexity index is 536. The lowest BCUT2D eigenvalue weighted by molar-refractivity contribution is 0.0220. The van der Waals surface area contributed by atoms with E-state index in [4.69, 9.17) is 9.47 Å². The summed E-state index contributed by atoms with van der Waals surface area (Å²) in [7, 11) is 0. The molecule has 2 rings (SSSR count). The van der Waals surface area contributed by atoms with E-state index in [1.807, 2.05) is 6.92 Å². The fraction of sp³-hybridized carbons (Fsp3) is 0.611. The molecule has 140 valence electrons. The van der Waals surface area contributed by atoms with E-state index in [1.165, 1.54) is 12.1 Å². The van der Waals surface area contributed by atoms with Crippen molar-refractivity contribution >= 4 is 5.96 Å². The normalized spacial score (nSPS) is 17.2. The molecule has 1 heterocycles. The van der Waals surface area contributed by atoms with Crippen LogP contribution < -0.4 is 15.4 Å². The fourth-order valence-electron chi connectivity index (χ4n) is 2.59. The number of guanidine groups is 1. The van der Waals surface area contributed by atoms with Crippen LogP contribution in [-0.4, -0.2) is 69.4 Å². The van der Waals surface area contributed by atoms with Gasteiger partial charge in [-0.15, -0.1) is 0 Å². The molecular formula is C18H29FN4O2. The molecule has 1 saturated heterocycles. The lowest BCUT2D eigenvalue weighted by Gasteiger charge is -2.31. The second kappa shape index (κ2) is 10.9. The van der Waals surface area contributed by atoms with Crippen molar-refractivity contribution in [2.45, 2.75) is 19.9 Å². The van der Waals surface area contributed by atoms with Gasteiger partial charge in [0.15, 0.2) is 5.96 Å². The fourth-order valence-corrected chi connectivity index (χ4v) is 2.59. The summed E-state index contributed by atoms with van der Waals surface area (Å²) in [6, 6.07) is 6.53. The monoisotopic (exact) mass is 352 g/mol. The van der Waals surface area contributed by atoms with E-state index in [1.54, 1.807) is 12.1 Å². The van der Waals surface area contributed by atoms with E-state index in [0.29, 0.717) is 24.9 Å². The smallest absolute Gasteiger partial charge is 0.191 e. The molecule has 1 unspecified atom stereocenters. The van der Waals surface area contributed by atoms with E-state index in [2.05, 4.69) is 27.4 Å². The van der Waals surface area contributed by atoms with Crippen LogP contribution in [0.3, 0.4) is 0 Å². The lowest BCUT2D eigenvalue weighted by Crippen LogP contribution is -2.44. The number of ether oxygens (including phenoxy) is 2. The van der Waals surface area contributed by atoms with Crippen LogP contribution in [0.15, 0.2) is 29.3 Å². The molecule has 1 aromatic carbocycles. The first-order valence-electron chi connectivity index (χ1n) is 8.91. The molecule has 0 aliphatic carbocycles. The zero-order valence-corrected chi connectivity index (χ0v) is 15.1. The first-order valence-corrected chi connectivity index (χ1v) is 8.91. The Morgan fingerprint density at radius 2 is 2.16 bits per heavy atom. The number of hydrogen-bond acceptors (Lipinski definition) is 4. The Kier molecular flexibility index (Phi) is 8.48. The Hall–Kier alpha value is -1.86. The molecule has 0 spiro atoms. The van der Waals surface area contributed by atoms with Crippen molar-refractivity contribution in [2.24, 2.45) is 4.99 Å². The minimum atomic E-state index is -0.294. The second-order valence-corrected chi connectivity index (χ2v) is 5.95. The maximum absolute atomic E-state index is 13.1. The van der Waals surface area contributed by atoms with Crippen molar-refractivity contribution in [2.75, 3.05) is 52.5 Å². The van der Waals surface area contributed by atoms with Gasteiger partial charge in [-0.2, -0.15) is 0 Å². The average molecular weight is 352 g/mol. The maximum atomic E-state index is 13.1. The summed E-state index contributed by atoms with van der Waals surface area (Å²) in [5, 5.41) is 6.47. The number of halogens is 1. The van der Waals surface area contributed by atoms with Crippen molar-refractivity contribution in [3.63, 3.8) is 0 Å². The van der Waals surface area contributed by atoms with E-state index in [0.717, 1.165) is 45.4 Å². The van der Waals surface area contributed by atoms with Crippen LogP contribution in [0.4, 0.5) is 4.39 Å². The molecule has 1 aromatic rings. The third-order valence-corrected chi connectivity index (χ3v) is 3.99. The van der Waals surface area contributed by atoms with Gasteiger partial charge < -0.3 is 20.1 Å². The van der Waals surface area contributed by atoms with Gasteiger partial charge in [0, 0.05) is 31.7 Å². The molecular weight excluding hydrogens is 323 g/mol. The van der Waals surface area contributed by atoms with E-state index in [9.17, 15) is 4.39 Å². The summed E-state index contributed by atoms with van der Waals surface area (Å²) in [5.41, 5.74) is 0. The molecule has 7 heteroatoms. The SMILES string of the molecule is CCNC(=NCC(C)N1CCOCC1)NCCOc1cccc(F)c1. The van der Waals surface area contributed by atoms with Crippen molar-refractivity contribution < 1.29 is 13.9 Å². The van der Waals surface area contributed by atoms with Crippen LogP contribution in [0.2, 0.25) is 0 Å². The number of nitrogens with zero attached hydrogens (tertiary/aromatic N) is 2. The van der Waals surface area contributed by atoms with Crippen LogP contribution in [0.1, 0.15) is 13.8 Å². The highest BCUT2D eigenvalue weighted by Crippen LogP contribution is 2.11. The Morgan fingerprint density at radius 3 is 2.88 bits per heavy atom. The molecule has 0 radical (unpaired) electrons. The van der Waals surface area contributed by atoms with Gasteiger partial charge in [0.05, 0.1) is 26.3 Å². The summed E-state index contributed by atoms with van der Waals surface area (Å²) in [6.07, 6.45) is 0. The highest BCUT2D eigenvalue weighted by Gasteiger charge is 2.16. The van der Waals surface area contributed by atoms with Gasteiger partial charge >= 0.3 is 0 Å². The van der Waals surface area contributed by atoms with E-state index in [-0.39, 0.29) is 5.82 Å². The zero-order chi connectivity index (χ0) is 17.9. The molecule has 1 aliphatic rings. The van der Waals surface area contributed by atoms with Gasteiger partial charge in [0.1, 0.15) is 18.2 Å². The van der Waals surface area contributed by atoms with Crippen LogP contribution in [-0.2, 0) is 4.74 Å². The Labute approximate surface area is 149 Å². The first kappa shape index (κ1) is 19.5. The topological polar surface area (TPSA) is 58.1 Å². The predicted molar refractivity (Wildman–Crippen MR) is 97.7 cm³/mol. The highest BCUT2D eigenvalue weighted by atomic mass is 19.1. The van der Waals surface area contributed by atoms with Gasteiger partial charge in [-0.3, -0.25) is 9.89 Å². The lowest BCUT2D eigenvalue weighted by atomic mass is 10.2. The number of benzene rings is 1. The van der Waals surface area contributed by atoms with E-state index >= 15 is 0 Å².